The van der Waals surface area contributed by atoms with E-state index in [-0.39, 0.29) is 0 Å². The minimum absolute atomic E-state index is 0.502. The minimum atomic E-state index is 0.502. The first kappa shape index (κ1) is 9.71. The monoisotopic (exact) mass is 237 g/mol. The predicted molar refractivity (Wildman–Crippen MR) is 57.5 cm³/mol. The summed E-state index contributed by atoms with van der Waals surface area (Å²) in [5.74, 6) is 2.74. The number of nitrogens with one attached hydrogen (secondary N) is 1. The molecule has 1 N–H and O–H groups in total. The number of nitrogens with zero attached hydrogens (tertiary/aromatic N) is 4. The van der Waals surface area contributed by atoms with Crippen molar-refractivity contribution in [2.45, 2.75) is 32.2 Å². The molecule has 0 radical (unpaired) electrons. The van der Waals surface area contributed by atoms with Gasteiger partial charge in [0.05, 0.1) is 0 Å². The second kappa shape index (κ2) is 3.51. The zero-order chi connectivity index (χ0) is 11.1. The quantitative estimate of drug-likeness (QED) is 0.820. The van der Waals surface area contributed by atoms with Crippen molar-refractivity contribution in [3.8, 4) is 0 Å². The van der Waals surface area contributed by atoms with Gasteiger partial charge in [-0.05, 0) is 32.0 Å². The number of hydrogen-bond donors (Lipinski definition) is 1. The van der Waals surface area contributed by atoms with E-state index >= 15 is 0 Å². The third-order valence-corrected chi connectivity index (χ3v) is 2.90. The van der Waals surface area contributed by atoms with E-state index in [0.717, 1.165) is 5.82 Å². The van der Waals surface area contributed by atoms with Crippen LogP contribution >= 0.6 is 12.2 Å². The highest BCUT2D eigenvalue weighted by atomic mass is 32.1. The van der Waals surface area contributed by atoms with E-state index in [1.54, 1.807) is 6.92 Å². The molecule has 7 heteroatoms. The van der Waals surface area contributed by atoms with Crippen molar-refractivity contribution in [1.82, 2.24) is 24.9 Å². The molecule has 6 nitrogen and oxygen atoms in total. The molecule has 0 aliphatic heterocycles. The molecule has 84 valence electrons. The average Bonchev–Trinajstić information content (AvgIpc) is 2.93. The number of H-pyrrole nitrogens is 1. The van der Waals surface area contributed by atoms with Gasteiger partial charge in [0.1, 0.15) is 12.4 Å². The number of rotatable bonds is 3. The van der Waals surface area contributed by atoms with Crippen molar-refractivity contribution in [1.29, 1.82) is 0 Å². The van der Waals surface area contributed by atoms with E-state index in [0.29, 0.717) is 28.9 Å². The molecule has 2 heterocycles. The normalized spacial score (nSPS) is 15.6. The fourth-order valence-electron chi connectivity index (χ4n) is 1.68. The molecule has 0 unspecified atom stereocenters. The molecule has 2 aromatic heterocycles. The minimum Gasteiger partial charge on any atom is -0.337 e. The Balaban J connectivity index is 1.93. The lowest BCUT2D eigenvalue weighted by atomic mass is 10.4. The molecule has 1 fully saturated rings. The third-order valence-electron chi connectivity index (χ3n) is 2.59. The summed E-state index contributed by atoms with van der Waals surface area (Å²) in [4.78, 5) is 4.16. The lowest BCUT2D eigenvalue weighted by Gasteiger charge is -2.01. The van der Waals surface area contributed by atoms with Crippen molar-refractivity contribution in [2.24, 2.45) is 0 Å². The largest absolute Gasteiger partial charge is 0.337 e. The highest BCUT2D eigenvalue weighted by molar-refractivity contribution is 7.71. The van der Waals surface area contributed by atoms with Gasteiger partial charge in [-0.1, -0.05) is 5.16 Å². The zero-order valence-corrected chi connectivity index (χ0v) is 9.62. The molecule has 0 aromatic carbocycles. The van der Waals surface area contributed by atoms with Crippen LogP contribution in [0.4, 0.5) is 0 Å². The van der Waals surface area contributed by atoms with Gasteiger partial charge in [-0.15, -0.1) is 0 Å². The Morgan fingerprint density at radius 2 is 2.38 bits per heavy atom. The summed E-state index contributed by atoms with van der Waals surface area (Å²) in [5, 5.41) is 10.8. The lowest BCUT2D eigenvalue weighted by molar-refractivity contribution is 0.365. The molecule has 3 rings (SSSR count). The van der Waals surface area contributed by atoms with Crippen LogP contribution in [0.2, 0.25) is 0 Å². The standard InChI is InChI=1S/C9H11N5OS/c1-5-10-7(15-13-5)4-14-8(6-2-3-6)11-12-9(14)16/h6H,2-4H2,1H3,(H,12,16). The van der Waals surface area contributed by atoms with Crippen LogP contribution in [0, 0.1) is 11.7 Å². The van der Waals surface area contributed by atoms with E-state index in [4.69, 9.17) is 16.7 Å². The number of hydrogen-bond acceptors (Lipinski definition) is 5. The Hall–Kier alpha value is -1.50. The Morgan fingerprint density at radius 3 is 3.00 bits per heavy atom. The van der Waals surface area contributed by atoms with Gasteiger partial charge in [0.15, 0.2) is 10.6 Å². The molecular formula is C9H11N5OS. The molecule has 0 bridgehead atoms. The Kier molecular flexibility index (Phi) is 2.13. The zero-order valence-electron chi connectivity index (χ0n) is 8.80. The highest BCUT2D eigenvalue weighted by Crippen LogP contribution is 2.38. The van der Waals surface area contributed by atoms with Crippen molar-refractivity contribution < 1.29 is 4.52 Å². The second-order valence-electron chi connectivity index (χ2n) is 3.98. The molecule has 16 heavy (non-hydrogen) atoms. The maximum atomic E-state index is 5.18. The van der Waals surface area contributed by atoms with Crippen molar-refractivity contribution in [3.63, 3.8) is 0 Å². The summed E-state index contributed by atoms with van der Waals surface area (Å²) in [6.07, 6.45) is 2.37. The van der Waals surface area contributed by atoms with Crippen LogP contribution in [0.3, 0.4) is 0 Å². The first-order chi connectivity index (χ1) is 7.74. The third kappa shape index (κ3) is 1.67. The van der Waals surface area contributed by atoms with Gasteiger partial charge in [0.25, 0.3) is 0 Å². The van der Waals surface area contributed by atoms with Crippen LogP contribution in [0.25, 0.3) is 0 Å². The van der Waals surface area contributed by atoms with Gasteiger partial charge in [-0.2, -0.15) is 10.1 Å². The Bertz CT molecular complexity index is 564. The van der Waals surface area contributed by atoms with Gasteiger partial charge in [-0.25, -0.2) is 0 Å². The summed E-state index contributed by atoms with van der Waals surface area (Å²) in [7, 11) is 0. The molecule has 1 saturated carbocycles. The van der Waals surface area contributed by atoms with Gasteiger partial charge in [0, 0.05) is 5.92 Å². The van der Waals surface area contributed by atoms with Crippen molar-refractivity contribution >= 4 is 12.2 Å². The van der Waals surface area contributed by atoms with Crippen LogP contribution < -0.4 is 0 Å². The van der Waals surface area contributed by atoms with Gasteiger partial charge in [0.2, 0.25) is 5.89 Å². The highest BCUT2D eigenvalue weighted by Gasteiger charge is 2.29. The maximum Gasteiger partial charge on any atom is 0.246 e. The first-order valence-electron chi connectivity index (χ1n) is 5.18. The van der Waals surface area contributed by atoms with Crippen LogP contribution in [-0.4, -0.2) is 24.9 Å². The van der Waals surface area contributed by atoms with Crippen molar-refractivity contribution in [2.75, 3.05) is 0 Å². The SMILES string of the molecule is Cc1noc(Cn2c(C3CC3)n[nH]c2=S)n1. The van der Waals surface area contributed by atoms with Crippen LogP contribution in [-0.2, 0) is 6.54 Å². The molecule has 2 aromatic rings. The second-order valence-corrected chi connectivity index (χ2v) is 4.37. The lowest BCUT2D eigenvalue weighted by Crippen LogP contribution is -2.04. The van der Waals surface area contributed by atoms with E-state index in [1.807, 2.05) is 4.57 Å². The number of aryl methyl sites for hydroxylation is 1. The molecule has 0 atom stereocenters. The van der Waals surface area contributed by atoms with E-state index in [2.05, 4.69) is 20.3 Å². The van der Waals surface area contributed by atoms with Crippen LogP contribution in [0.5, 0.6) is 0 Å². The molecule has 0 spiro atoms. The fourth-order valence-corrected chi connectivity index (χ4v) is 1.88. The molecule has 1 aliphatic rings. The van der Waals surface area contributed by atoms with Gasteiger partial charge in [-0.3, -0.25) is 9.67 Å². The summed E-state index contributed by atoms with van der Waals surface area (Å²) < 4.78 is 7.62. The fraction of sp³-hybridized carbons (Fsp3) is 0.556. The van der Waals surface area contributed by atoms with Gasteiger partial charge >= 0.3 is 0 Å². The molecule has 0 saturated heterocycles. The summed E-state index contributed by atoms with van der Waals surface area (Å²) in [6, 6.07) is 0. The summed E-state index contributed by atoms with van der Waals surface area (Å²) in [5.41, 5.74) is 0. The predicted octanol–water partition coefficient (Wildman–Crippen LogP) is 1.56. The van der Waals surface area contributed by atoms with Gasteiger partial charge < -0.3 is 4.52 Å². The van der Waals surface area contributed by atoms with Crippen LogP contribution in [0.15, 0.2) is 4.52 Å². The van der Waals surface area contributed by atoms with E-state index in [1.165, 1.54) is 12.8 Å². The smallest absolute Gasteiger partial charge is 0.246 e. The van der Waals surface area contributed by atoms with E-state index < -0.39 is 0 Å². The molecule has 0 amide bonds. The summed E-state index contributed by atoms with van der Waals surface area (Å²) >= 11 is 5.18. The maximum absolute atomic E-state index is 5.18. The van der Waals surface area contributed by atoms with E-state index in [9.17, 15) is 0 Å². The average molecular weight is 237 g/mol. The molecular weight excluding hydrogens is 226 g/mol. The number of aromatic nitrogens is 5. The number of aromatic amines is 1. The van der Waals surface area contributed by atoms with Crippen LogP contribution in [0.1, 0.15) is 36.3 Å². The summed E-state index contributed by atoms with van der Waals surface area (Å²) in [6.45, 7) is 2.30. The Labute approximate surface area is 96.7 Å². The Morgan fingerprint density at radius 1 is 1.56 bits per heavy atom. The topological polar surface area (TPSA) is 72.5 Å². The van der Waals surface area contributed by atoms with Crippen molar-refractivity contribution in [3.05, 3.63) is 22.3 Å². The first-order valence-corrected chi connectivity index (χ1v) is 5.59. The molecule has 1 aliphatic carbocycles.